The standard InChI is InChI=1S/C23H47NO/c1-2-3-4-5-6-7-8-9-10-11-12-13-14-15-17-20-23(25)24-21-18-16-19-22-24/h23,25H,2-22H2,1H3. The van der Waals surface area contributed by atoms with Crippen molar-refractivity contribution >= 4 is 0 Å². The molecule has 1 rings (SSSR count). The van der Waals surface area contributed by atoms with Crippen molar-refractivity contribution in [3.05, 3.63) is 0 Å². The Morgan fingerprint density at radius 3 is 1.44 bits per heavy atom. The van der Waals surface area contributed by atoms with Crippen molar-refractivity contribution in [3.63, 3.8) is 0 Å². The van der Waals surface area contributed by atoms with E-state index in [2.05, 4.69) is 11.8 Å². The third kappa shape index (κ3) is 13.7. The number of aliphatic hydroxyl groups is 1. The molecular formula is C23H47NO. The normalized spacial score (nSPS) is 17.0. The first-order chi connectivity index (χ1) is 12.3. The molecule has 0 spiro atoms. The molecule has 0 aromatic rings. The van der Waals surface area contributed by atoms with Gasteiger partial charge in [0, 0.05) is 13.1 Å². The van der Waals surface area contributed by atoms with E-state index >= 15 is 0 Å². The zero-order valence-electron chi connectivity index (χ0n) is 17.3. The zero-order valence-corrected chi connectivity index (χ0v) is 17.3. The number of hydrogen-bond acceptors (Lipinski definition) is 2. The van der Waals surface area contributed by atoms with Gasteiger partial charge in [-0.3, -0.25) is 4.90 Å². The van der Waals surface area contributed by atoms with Crippen LogP contribution in [-0.4, -0.2) is 29.3 Å². The van der Waals surface area contributed by atoms with Gasteiger partial charge in [0.15, 0.2) is 0 Å². The zero-order chi connectivity index (χ0) is 18.0. The van der Waals surface area contributed by atoms with E-state index < -0.39 is 0 Å². The molecule has 1 saturated heterocycles. The van der Waals surface area contributed by atoms with E-state index in [1.54, 1.807) is 0 Å². The second kappa shape index (κ2) is 17.3. The Kier molecular flexibility index (Phi) is 15.9. The fourth-order valence-electron chi connectivity index (χ4n) is 4.10. The lowest BCUT2D eigenvalue weighted by atomic mass is 10.0. The van der Waals surface area contributed by atoms with E-state index in [-0.39, 0.29) is 6.23 Å². The van der Waals surface area contributed by atoms with Crippen LogP contribution in [-0.2, 0) is 0 Å². The summed E-state index contributed by atoms with van der Waals surface area (Å²) in [6.07, 6.45) is 25.8. The van der Waals surface area contributed by atoms with Crippen LogP contribution in [0.5, 0.6) is 0 Å². The molecule has 0 amide bonds. The van der Waals surface area contributed by atoms with Crippen LogP contribution in [0.15, 0.2) is 0 Å². The number of rotatable bonds is 17. The van der Waals surface area contributed by atoms with Crippen molar-refractivity contribution in [1.82, 2.24) is 4.90 Å². The minimum atomic E-state index is -0.165. The summed E-state index contributed by atoms with van der Waals surface area (Å²) in [5.74, 6) is 0. The van der Waals surface area contributed by atoms with Gasteiger partial charge in [0.05, 0.1) is 0 Å². The first-order valence-corrected chi connectivity index (χ1v) is 11.8. The van der Waals surface area contributed by atoms with Gasteiger partial charge in [0.1, 0.15) is 6.23 Å². The minimum Gasteiger partial charge on any atom is -0.378 e. The number of piperidine rings is 1. The summed E-state index contributed by atoms with van der Waals surface area (Å²) in [6, 6.07) is 0. The number of hydrogen-bond donors (Lipinski definition) is 1. The summed E-state index contributed by atoms with van der Waals surface area (Å²) in [7, 11) is 0. The number of nitrogens with zero attached hydrogens (tertiary/aromatic N) is 1. The van der Waals surface area contributed by atoms with Crippen molar-refractivity contribution in [2.75, 3.05) is 13.1 Å². The Labute approximate surface area is 158 Å². The minimum absolute atomic E-state index is 0.165. The van der Waals surface area contributed by atoms with Crippen LogP contribution < -0.4 is 0 Å². The van der Waals surface area contributed by atoms with Crippen molar-refractivity contribution < 1.29 is 5.11 Å². The summed E-state index contributed by atoms with van der Waals surface area (Å²) < 4.78 is 0. The number of unbranched alkanes of at least 4 members (excludes halogenated alkanes) is 14. The predicted molar refractivity (Wildman–Crippen MR) is 111 cm³/mol. The first-order valence-electron chi connectivity index (χ1n) is 11.8. The highest BCUT2D eigenvalue weighted by Crippen LogP contribution is 2.16. The van der Waals surface area contributed by atoms with Crippen LogP contribution in [0.4, 0.5) is 0 Å². The molecule has 1 fully saturated rings. The highest BCUT2D eigenvalue weighted by atomic mass is 16.3. The van der Waals surface area contributed by atoms with Gasteiger partial charge in [0.2, 0.25) is 0 Å². The average molecular weight is 354 g/mol. The molecular weight excluding hydrogens is 306 g/mol. The second-order valence-corrected chi connectivity index (χ2v) is 8.32. The second-order valence-electron chi connectivity index (χ2n) is 8.32. The van der Waals surface area contributed by atoms with E-state index in [1.807, 2.05) is 0 Å². The topological polar surface area (TPSA) is 23.5 Å². The molecule has 1 heterocycles. The molecule has 25 heavy (non-hydrogen) atoms. The molecule has 0 bridgehead atoms. The van der Waals surface area contributed by atoms with Crippen LogP contribution in [0.1, 0.15) is 129 Å². The van der Waals surface area contributed by atoms with Gasteiger partial charge in [-0.1, -0.05) is 103 Å². The fraction of sp³-hybridized carbons (Fsp3) is 1.00. The highest BCUT2D eigenvalue weighted by Gasteiger charge is 2.17. The lowest BCUT2D eigenvalue weighted by Gasteiger charge is -2.31. The highest BCUT2D eigenvalue weighted by molar-refractivity contribution is 4.67. The maximum absolute atomic E-state index is 10.2. The van der Waals surface area contributed by atoms with Gasteiger partial charge in [-0.05, 0) is 25.7 Å². The molecule has 0 aliphatic carbocycles. The fourth-order valence-corrected chi connectivity index (χ4v) is 4.10. The average Bonchev–Trinajstić information content (AvgIpc) is 2.65. The van der Waals surface area contributed by atoms with E-state index in [4.69, 9.17) is 0 Å². The first kappa shape index (κ1) is 23.0. The Morgan fingerprint density at radius 2 is 1.00 bits per heavy atom. The molecule has 2 nitrogen and oxygen atoms in total. The molecule has 1 aliphatic rings. The third-order valence-electron chi connectivity index (χ3n) is 5.88. The molecule has 150 valence electrons. The van der Waals surface area contributed by atoms with Crippen LogP contribution in [0.2, 0.25) is 0 Å². The summed E-state index contributed by atoms with van der Waals surface area (Å²) >= 11 is 0. The maximum atomic E-state index is 10.2. The Bertz CT molecular complexity index is 263. The molecule has 0 aromatic carbocycles. The van der Waals surface area contributed by atoms with Gasteiger partial charge in [0.25, 0.3) is 0 Å². The summed E-state index contributed by atoms with van der Waals surface area (Å²) in [5, 5.41) is 10.2. The summed E-state index contributed by atoms with van der Waals surface area (Å²) in [6.45, 7) is 4.51. The maximum Gasteiger partial charge on any atom is 0.107 e. The lowest BCUT2D eigenvalue weighted by molar-refractivity contribution is -0.0148. The van der Waals surface area contributed by atoms with Crippen molar-refractivity contribution in [1.29, 1.82) is 0 Å². The summed E-state index contributed by atoms with van der Waals surface area (Å²) in [5.41, 5.74) is 0. The molecule has 1 N–H and O–H groups in total. The lowest BCUT2D eigenvalue weighted by Crippen LogP contribution is -2.39. The van der Waals surface area contributed by atoms with Gasteiger partial charge in [-0.2, -0.15) is 0 Å². The van der Waals surface area contributed by atoms with E-state index in [0.717, 1.165) is 19.5 Å². The van der Waals surface area contributed by atoms with Gasteiger partial charge in [-0.25, -0.2) is 0 Å². The van der Waals surface area contributed by atoms with Crippen LogP contribution in [0.25, 0.3) is 0 Å². The van der Waals surface area contributed by atoms with E-state index in [0.29, 0.717) is 0 Å². The van der Waals surface area contributed by atoms with Crippen LogP contribution in [0, 0.1) is 0 Å². The van der Waals surface area contributed by atoms with Crippen LogP contribution in [0.3, 0.4) is 0 Å². The molecule has 2 heteroatoms. The van der Waals surface area contributed by atoms with Crippen molar-refractivity contribution in [2.24, 2.45) is 0 Å². The Hall–Kier alpha value is -0.0800. The molecule has 1 unspecified atom stereocenters. The number of likely N-dealkylation sites (tertiary alicyclic amines) is 1. The van der Waals surface area contributed by atoms with Crippen molar-refractivity contribution in [3.8, 4) is 0 Å². The largest absolute Gasteiger partial charge is 0.378 e. The van der Waals surface area contributed by atoms with Crippen molar-refractivity contribution in [2.45, 2.75) is 135 Å². The van der Waals surface area contributed by atoms with Crippen LogP contribution >= 0.6 is 0 Å². The smallest absolute Gasteiger partial charge is 0.107 e. The van der Waals surface area contributed by atoms with E-state index in [1.165, 1.54) is 116 Å². The quantitative estimate of drug-likeness (QED) is 0.283. The SMILES string of the molecule is CCCCCCCCCCCCCCCCCC(O)N1CCCCC1. The van der Waals surface area contributed by atoms with Gasteiger partial charge < -0.3 is 5.11 Å². The van der Waals surface area contributed by atoms with E-state index in [9.17, 15) is 5.11 Å². The molecule has 0 saturated carbocycles. The Morgan fingerprint density at radius 1 is 0.600 bits per heavy atom. The molecule has 0 aromatic heterocycles. The Balaban J connectivity index is 1.73. The molecule has 1 atom stereocenters. The molecule has 1 aliphatic heterocycles. The molecule has 0 radical (unpaired) electrons. The van der Waals surface area contributed by atoms with Gasteiger partial charge >= 0.3 is 0 Å². The number of aliphatic hydroxyl groups excluding tert-OH is 1. The third-order valence-corrected chi connectivity index (χ3v) is 5.88. The monoisotopic (exact) mass is 353 g/mol. The van der Waals surface area contributed by atoms with Gasteiger partial charge in [-0.15, -0.1) is 0 Å². The summed E-state index contributed by atoms with van der Waals surface area (Å²) in [4.78, 5) is 2.29. The predicted octanol–water partition coefficient (Wildman–Crippen LogP) is 7.05.